The molecule has 0 aliphatic rings. The Morgan fingerprint density at radius 1 is 1.15 bits per heavy atom. The molecule has 27 heavy (non-hydrogen) atoms. The van der Waals surface area contributed by atoms with Gasteiger partial charge in [0.25, 0.3) is 0 Å². The van der Waals surface area contributed by atoms with Gasteiger partial charge in [-0.2, -0.15) is 0 Å². The average Bonchev–Trinajstić information content (AvgIpc) is 3.23. The molecule has 0 saturated carbocycles. The first-order valence-corrected chi connectivity index (χ1v) is 9.69. The highest BCUT2D eigenvalue weighted by Gasteiger charge is 2.22. The lowest BCUT2D eigenvalue weighted by Gasteiger charge is -2.09. The van der Waals surface area contributed by atoms with Crippen LogP contribution in [-0.4, -0.2) is 22.8 Å². The molecule has 0 unspecified atom stereocenters. The van der Waals surface area contributed by atoms with Crippen molar-refractivity contribution in [2.24, 2.45) is 0 Å². The molecule has 0 atom stereocenters. The van der Waals surface area contributed by atoms with Crippen molar-refractivity contribution in [3.05, 3.63) is 64.7 Å². The number of aryl methyl sites for hydroxylation is 2. The number of carbonyl (C=O) groups is 1. The van der Waals surface area contributed by atoms with Gasteiger partial charge in [-0.05, 0) is 37.1 Å². The van der Waals surface area contributed by atoms with Gasteiger partial charge in [-0.25, -0.2) is 4.98 Å². The molecule has 0 bridgehead atoms. The predicted octanol–water partition coefficient (Wildman–Crippen LogP) is 5.42. The fourth-order valence-electron chi connectivity index (χ4n) is 3.45. The van der Waals surface area contributed by atoms with Crippen LogP contribution in [0.5, 0.6) is 5.75 Å². The maximum Gasteiger partial charge on any atom is 0.195 e. The molecule has 4 rings (SSSR count). The summed E-state index contributed by atoms with van der Waals surface area (Å²) in [6.45, 7) is 4.16. The van der Waals surface area contributed by atoms with E-state index in [1.165, 1.54) is 4.88 Å². The first-order valence-electron chi connectivity index (χ1n) is 8.87. The number of nitrogens with zero attached hydrogens (tertiary/aromatic N) is 2. The molecule has 0 fully saturated rings. The number of ether oxygens (including phenoxy) is 1. The van der Waals surface area contributed by atoms with Crippen molar-refractivity contribution in [3.8, 4) is 28.3 Å². The van der Waals surface area contributed by atoms with E-state index >= 15 is 0 Å². The smallest absolute Gasteiger partial charge is 0.195 e. The minimum atomic E-state index is 0.593. The molecule has 0 amide bonds. The van der Waals surface area contributed by atoms with Gasteiger partial charge in [0.2, 0.25) is 0 Å². The van der Waals surface area contributed by atoms with Crippen LogP contribution in [0.2, 0.25) is 0 Å². The maximum atomic E-state index is 12.0. The Morgan fingerprint density at radius 3 is 2.56 bits per heavy atom. The van der Waals surface area contributed by atoms with Gasteiger partial charge < -0.3 is 4.74 Å². The Bertz CT molecular complexity index is 1130. The quantitative estimate of drug-likeness (QED) is 0.437. The number of carbonyl (C=O) groups excluding carboxylic acids is 1. The molecule has 0 N–H and O–H groups in total. The van der Waals surface area contributed by atoms with Crippen LogP contribution in [0.1, 0.15) is 27.9 Å². The van der Waals surface area contributed by atoms with E-state index in [9.17, 15) is 4.79 Å². The molecule has 0 radical (unpaired) electrons. The minimum Gasteiger partial charge on any atom is -0.496 e. The van der Waals surface area contributed by atoms with Crippen LogP contribution < -0.4 is 4.74 Å². The van der Waals surface area contributed by atoms with E-state index in [1.807, 2.05) is 53.8 Å². The summed E-state index contributed by atoms with van der Waals surface area (Å²) in [6, 6.07) is 16.0. The summed E-state index contributed by atoms with van der Waals surface area (Å²) < 4.78 is 7.40. The van der Waals surface area contributed by atoms with Crippen molar-refractivity contribution in [3.63, 3.8) is 0 Å². The number of hydrogen-bond acceptors (Lipinski definition) is 4. The number of methoxy groups -OCH3 is 1. The molecule has 4 nitrogen and oxygen atoms in total. The van der Waals surface area contributed by atoms with Gasteiger partial charge in [-0.1, -0.05) is 37.3 Å². The molecular formula is C22H20N2O2S. The maximum absolute atomic E-state index is 12.0. The van der Waals surface area contributed by atoms with Crippen LogP contribution in [0.3, 0.4) is 0 Å². The summed E-state index contributed by atoms with van der Waals surface area (Å²) in [5, 5.41) is 0. The third kappa shape index (κ3) is 2.84. The number of hydrogen-bond donors (Lipinski definition) is 0. The van der Waals surface area contributed by atoms with Crippen LogP contribution in [0.25, 0.3) is 27.5 Å². The molecule has 2 aromatic carbocycles. The predicted molar refractivity (Wildman–Crippen MR) is 110 cm³/mol. The number of aromatic nitrogens is 2. The van der Waals surface area contributed by atoms with E-state index in [0.29, 0.717) is 5.69 Å². The number of fused-ring (bicyclic) bond motifs is 1. The van der Waals surface area contributed by atoms with Crippen LogP contribution in [0, 0.1) is 6.92 Å². The monoisotopic (exact) mass is 376 g/mol. The molecule has 5 heteroatoms. The highest BCUT2D eigenvalue weighted by molar-refractivity contribution is 7.17. The standard InChI is InChI=1S/C22H20N2O2S/c1-4-19-21(16-10-11-18(26-3)14(2)12-16)24-17(13-25)20(23-22(24)27-19)15-8-6-5-7-9-15/h5-13H,4H2,1-3H3. The van der Waals surface area contributed by atoms with E-state index in [-0.39, 0.29) is 0 Å². The van der Waals surface area contributed by atoms with Gasteiger partial charge in [-0.15, -0.1) is 11.3 Å². The zero-order valence-corrected chi connectivity index (χ0v) is 16.3. The van der Waals surface area contributed by atoms with Crippen molar-refractivity contribution in [1.29, 1.82) is 0 Å². The molecular weight excluding hydrogens is 356 g/mol. The largest absolute Gasteiger partial charge is 0.496 e. The molecule has 136 valence electrons. The Hall–Kier alpha value is -2.92. The fraction of sp³-hybridized carbons (Fsp3) is 0.182. The number of rotatable bonds is 5. The number of thiazole rings is 1. The van der Waals surface area contributed by atoms with E-state index in [4.69, 9.17) is 9.72 Å². The second kappa shape index (κ2) is 7.00. The van der Waals surface area contributed by atoms with Gasteiger partial charge in [0.05, 0.1) is 12.8 Å². The number of benzene rings is 2. The lowest BCUT2D eigenvalue weighted by Crippen LogP contribution is -1.97. The van der Waals surface area contributed by atoms with Crippen molar-refractivity contribution in [2.45, 2.75) is 20.3 Å². The van der Waals surface area contributed by atoms with E-state index < -0.39 is 0 Å². The SMILES string of the molecule is CCc1sc2nc(-c3ccccc3)c(C=O)n2c1-c1ccc(OC)c(C)c1. The Labute approximate surface area is 162 Å². The summed E-state index contributed by atoms with van der Waals surface area (Å²) in [4.78, 5) is 18.9. The van der Waals surface area contributed by atoms with Crippen LogP contribution in [-0.2, 0) is 6.42 Å². The van der Waals surface area contributed by atoms with Crippen molar-refractivity contribution < 1.29 is 9.53 Å². The molecule has 4 aromatic rings. The molecule has 0 aliphatic carbocycles. The second-order valence-corrected chi connectivity index (χ2v) is 7.42. The van der Waals surface area contributed by atoms with Gasteiger partial charge in [0.1, 0.15) is 17.1 Å². The lowest BCUT2D eigenvalue weighted by atomic mass is 10.1. The summed E-state index contributed by atoms with van der Waals surface area (Å²) in [7, 11) is 1.68. The summed E-state index contributed by atoms with van der Waals surface area (Å²) in [5.74, 6) is 0.856. The molecule has 0 saturated heterocycles. The summed E-state index contributed by atoms with van der Waals surface area (Å²) in [6.07, 6.45) is 1.79. The Morgan fingerprint density at radius 2 is 1.93 bits per heavy atom. The zero-order chi connectivity index (χ0) is 19.0. The highest BCUT2D eigenvalue weighted by atomic mass is 32.1. The van der Waals surface area contributed by atoms with E-state index in [1.54, 1.807) is 18.4 Å². The first-order chi connectivity index (χ1) is 13.2. The topological polar surface area (TPSA) is 43.6 Å². The van der Waals surface area contributed by atoms with Crippen LogP contribution >= 0.6 is 11.3 Å². The number of aldehydes is 1. The first kappa shape index (κ1) is 17.5. The van der Waals surface area contributed by atoms with Crippen LogP contribution in [0.4, 0.5) is 0 Å². The highest BCUT2D eigenvalue weighted by Crippen LogP contribution is 2.37. The summed E-state index contributed by atoms with van der Waals surface area (Å²) >= 11 is 1.64. The molecule has 2 heterocycles. The van der Waals surface area contributed by atoms with Gasteiger partial charge >= 0.3 is 0 Å². The molecule has 0 spiro atoms. The fourth-order valence-corrected chi connectivity index (χ4v) is 4.54. The third-order valence-electron chi connectivity index (χ3n) is 4.73. The van der Waals surface area contributed by atoms with Crippen molar-refractivity contribution >= 4 is 22.6 Å². The van der Waals surface area contributed by atoms with Gasteiger partial charge in [-0.3, -0.25) is 9.20 Å². The van der Waals surface area contributed by atoms with E-state index in [2.05, 4.69) is 13.0 Å². The van der Waals surface area contributed by atoms with Crippen LogP contribution in [0.15, 0.2) is 48.5 Å². The number of imidazole rings is 1. The van der Waals surface area contributed by atoms with E-state index in [0.717, 1.165) is 51.5 Å². The zero-order valence-electron chi connectivity index (χ0n) is 15.5. The molecule has 2 aromatic heterocycles. The molecule has 0 aliphatic heterocycles. The van der Waals surface area contributed by atoms with Gasteiger partial charge in [0, 0.05) is 16.0 Å². The Kier molecular flexibility index (Phi) is 4.54. The Balaban J connectivity index is 2.01. The second-order valence-electron chi connectivity index (χ2n) is 6.36. The average molecular weight is 376 g/mol. The minimum absolute atomic E-state index is 0.593. The van der Waals surface area contributed by atoms with Crippen molar-refractivity contribution in [1.82, 2.24) is 9.38 Å². The summed E-state index contributed by atoms with van der Waals surface area (Å²) in [5.41, 5.74) is 5.44. The van der Waals surface area contributed by atoms with Crippen molar-refractivity contribution in [2.75, 3.05) is 7.11 Å². The third-order valence-corrected chi connectivity index (χ3v) is 5.92. The van der Waals surface area contributed by atoms with Gasteiger partial charge in [0.15, 0.2) is 11.2 Å². The lowest BCUT2D eigenvalue weighted by molar-refractivity contribution is 0.111. The normalized spacial score (nSPS) is 11.1.